The molecular formula is C19H24BrNO2. The van der Waals surface area contributed by atoms with Gasteiger partial charge in [0, 0.05) is 12.6 Å². The van der Waals surface area contributed by atoms with E-state index < -0.39 is 6.10 Å². The van der Waals surface area contributed by atoms with E-state index in [9.17, 15) is 5.11 Å². The summed E-state index contributed by atoms with van der Waals surface area (Å²) in [6.45, 7) is 5.00. The molecule has 0 aliphatic heterocycles. The van der Waals surface area contributed by atoms with Gasteiger partial charge in [0.25, 0.3) is 0 Å². The Morgan fingerprint density at radius 3 is 2.48 bits per heavy atom. The summed E-state index contributed by atoms with van der Waals surface area (Å²) in [4.78, 5) is 0. The Balaban J connectivity index is 1.77. The van der Waals surface area contributed by atoms with E-state index in [0.717, 1.165) is 16.6 Å². The predicted octanol–water partition coefficient (Wildman–Crippen LogP) is 4.10. The maximum atomic E-state index is 10.1. The van der Waals surface area contributed by atoms with Crippen LogP contribution in [0.2, 0.25) is 0 Å². The molecular weight excluding hydrogens is 354 g/mol. The van der Waals surface area contributed by atoms with Crippen molar-refractivity contribution in [3.8, 4) is 5.75 Å². The fraction of sp³-hybridized carbons (Fsp3) is 0.368. The molecule has 2 aromatic rings. The number of benzene rings is 2. The average molecular weight is 378 g/mol. The Labute approximate surface area is 146 Å². The summed E-state index contributed by atoms with van der Waals surface area (Å²) >= 11 is 3.43. The Morgan fingerprint density at radius 1 is 1.13 bits per heavy atom. The normalized spacial score (nSPS) is 13.6. The number of hydrogen-bond donors (Lipinski definition) is 2. The Bertz CT molecular complexity index is 601. The summed E-state index contributed by atoms with van der Waals surface area (Å²) in [6.07, 6.45) is 0.493. The number of hydrogen-bond acceptors (Lipinski definition) is 3. The van der Waals surface area contributed by atoms with E-state index in [1.165, 1.54) is 11.1 Å². The van der Waals surface area contributed by atoms with Crippen LogP contribution < -0.4 is 10.1 Å². The van der Waals surface area contributed by atoms with Crippen LogP contribution in [0.1, 0.15) is 31.0 Å². The molecule has 0 saturated heterocycles. The van der Waals surface area contributed by atoms with Gasteiger partial charge < -0.3 is 15.2 Å². The van der Waals surface area contributed by atoms with Gasteiger partial charge in [-0.1, -0.05) is 43.3 Å². The average Bonchev–Trinajstić information content (AvgIpc) is 2.59. The second-order valence-corrected chi connectivity index (χ2v) is 6.47. The summed E-state index contributed by atoms with van der Waals surface area (Å²) < 4.78 is 6.52. The third-order valence-electron chi connectivity index (χ3n) is 3.82. The number of nitrogens with one attached hydrogen (secondary N) is 1. The standard InChI is InChI=1S/C19H24BrNO2/c1-3-15-8-10-16(11-9-15)14(2)21-12-17(22)13-23-19-7-5-4-6-18(19)20/h4-11,14,17,21-22H,3,12-13H2,1-2H3. The lowest BCUT2D eigenvalue weighted by molar-refractivity contribution is 0.104. The fourth-order valence-electron chi connectivity index (χ4n) is 2.28. The minimum Gasteiger partial charge on any atom is -0.490 e. The quantitative estimate of drug-likeness (QED) is 0.727. The highest BCUT2D eigenvalue weighted by molar-refractivity contribution is 9.10. The van der Waals surface area contributed by atoms with Crippen molar-refractivity contribution in [3.05, 3.63) is 64.1 Å². The van der Waals surface area contributed by atoms with Gasteiger partial charge in [-0.3, -0.25) is 0 Å². The zero-order valence-corrected chi connectivity index (χ0v) is 15.2. The van der Waals surface area contributed by atoms with Crippen LogP contribution >= 0.6 is 15.9 Å². The summed E-state index contributed by atoms with van der Waals surface area (Å²) in [6, 6.07) is 16.4. The first kappa shape index (κ1) is 18.0. The summed E-state index contributed by atoms with van der Waals surface area (Å²) in [5.74, 6) is 0.745. The van der Waals surface area contributed by atoms with Crippen molar-refractivity contribution >= 4 is 15.9 Å². The van der Waals surface area contributed by atoms with Crippen molar-refractivity contribution in [2.24, 2.45) is 0 Å². The van der Waals surface area contributed by atoms with Crippen LogP contribution in [0.4, 0.5) is 0 Å². The lowest BCUT2D eigenvalue weighted by Gasteiger charge is -2.18. The van der Waals surface area contributed by atoms with Gasteiger partial charge in [0.1, 0.15) is 18.5 Å². The van der Waals surface area contributed by atoms with Crippen LogP contribution in [-0.4, -0.2) is 24.4 Å². The van der Waals surface area contributed by atoms with Gasteiger partial charge in [0.2, 0.25) is 0 Å². The van der Waals surface area contributed by atoms with E-state index in [2.05, 4.69) is 59.4 Å². The van der Waals surface area contributed by atoms with Crippen molar-refractivity contribution in [3.63, 3.8) is 0 Å². The van der Waals surface area contributed by atoms with Crippen LogP contribution in [0.3, 0.4) is 0 Å². The van der Waals surface area contributed by atoms with Crippen molar-refractivity contribution in [2.45, 2.75) is 32.4 Å². The van der Waals surface area contributed by atoms with Crippen molar-refractivity contribution in [1.82, 2.24) is 5.32 Å². The minimum absolute atomic E-state index is 0.194. The van der Waals surface area contributed by atoms with E-state index in [4.69, 9.17) is 4.74 Å². The second kappa shape index (κ2) is 9.06. The first-order valence-electron chi connectivity index (χ1n) is 7.97. The molecule has 2 atom stereocenters. The summed E-state index contributed by atoms with van der Waals surface area (Å²) in [5.41, 5.74) is 2.56. The van der Waals surface area contributed by atoms with Crippen LogP contribution in [-0.2, 0) is 6.42 Å². The molecule has 2 aromatic carbocycles. The number of aryl methyl sites for hydroxylation is 1. The molecule has 4 heteroatoms. The Hall–Kier alpha value is -1.36. The SMILES string of the molecule is CCc1ccc(C(C)NCC(O)COc2ccccc2Br)cc1. The zero-order valence-electron chi connectivity index (χ0n) is 13.6. The lowest BCUT2D eigenvalue weighted by Crippen LogP contribution is -2.33. The molecule has 0 aliphatic carbocycles. The molecule has 2 unspecified atom stereocenters. The van der Waals surface area contributed by atoms with Crippen molar-refractivity contribution in [1.29, 1.82) is 0 Å². The lowest BCUT2D eigenvalue weighted by atomic mass is 10.0. The number of ether oxygens (including phenoxy) is 1. The van der Waals surface area contributed by atoms with Gasteiger partial charge >= 0.3 is 0 Å². The maximum absolute atomic E-state index is 10.1. The monoisotopic (exact) mass is 377 g/mol. The third-order valence-corrected chi connectivity index (χ3v) is 4.47. The van der Waals surface area contributed by atoms with Gasteiger partial charge in [-0.25, -0.2) is 0 Å². The zero-order chi connectivity index (χ0) is 16.7. The van der Waals surface area contributed by atoms with Gasteiger partial charge in [0.05, 0.1) is 4.47 Å². The van der Waals surface area contributed by atoms with Gasteiger partial charge in [-0.2, -0.15) is 0 Å². The highest BCUT2D eigenvalue weighted by atomic mass is 79.9. The predicted molar refractivity (Wildman–Crippen MR) is 97.9 cm³/mol. The molecule has 0 fully saturated rings. The molecule has 0 aromatic heterocycles. The number of halogens is 1. The molecule has 0 heterocycles. The van der Waals surface area contributed by atoms with E-state index in [0.29, 0.717) is 6.54 Å². The van der Waals surface area contributed by atoms with Crippen LogP contribution in [0.5, 0.6) is 5.75 Å². The smallest absolute Gasteiger partial charge is 0.133 e. The van der Waals surface area contributed by atoms with E-state index >= 15 is 0 Å². The van der Waals surface area contributed by atoms with Gasteiger partial charge in [-0.05, 0) is 52.5 Å². The molecule has 3 nitrogen and oxygen atoms in total. The molecule has 2 rings (SSSR count). The molecule has 0 spiro atoms. The summed E-state index contributed by atoms with van der Waals surface area (Å²) in [5, 5.41) is 13.4. The van der Waals surface area contributed by atoms with Crippen molar-refractivity contribution < 1.29 is 9.84 Å². The molecule has 0 bridgehead atoms. The molecule has 0 radical (unpaired) electrons. The number of aliphatic hydroxyl groups excluding tert-OH is 1. The topological polar surface area (TPSA) is 41.5 Å². The van der Waals surface area contributed by atoms with E-state index in [1.807, 2.05) is 24.3 Å². The highest BCUT2D eigenvalue weighted by Crippen LogP contribution is 2.23. The maximum Gasteiger partial charge on any atom is 0.133 e. The Kier molecular flexibility index (Phi) is 7.09. The number of rotatable bonds is 8. The molecule has 0 saturated carbocycles. The number of aliphatic hydroxyl groups is 1. The molecule has 23 heavy (non-hydrogen) atoms. The minimum atomic E-state index is -0.556. The first-order chi connectivity index (χ1) is 11.1. The van der Waals surface area contributed by atoms with Gasteiger partial charge in [-0.15, -0.1) is 0 Å². The molecule has 2 N–H and O–H groups in total. The van der Waals surface area contributed by atoms with Gasteiger partial charge in [0.15, 0.2) is 0 Å². The van der Waals surface area contributed by atoms with E-state index in [1.54, 1.807) is 0 Å². The third kappa shape index (κ3) is 5.65. The fourth-order valence-corrected chi connectivity index (χ4v) is 2.68. The van der Waals surface area contributed by atoms with Crippen LogP contribution in [0, 0.1) is 0 Å². The van der Waals surface area contributed by atoms with Crippen molar-refractivity contribution in [2.75, 3.05) is 13.2 Å². The Morgan fingerprint density at radius 2 is 1.83 bits per heavy atom. The second-order valence-electron chi connectivity index (χ2n) is 5.62. The summed E-state index contributed by atoms with van der Waals surface area (Å²) in [7, 11) is 0. The molecule has 0 aliphatic rings. The largest absolute Gasteiger partial charge is 0.490 e. The molecule has 124 valence electrons. The first-order valence-corrected chi connectivity index (χ1v) is 8.77. The number of para-hydroxylation sites is 1. The van der Waals surface area contributed by atoms with E-state index in [-0.39, 0.29) is 12.6 Å². The van der Waals surface area contributed by atoms with Crippen LogP contribution in [0.25, 0.3) is 0 Å². The highest BCUT2D eigenvalue weighted by Gasteiger charge is 2.10. The van der Waals surface area contributed by atoms with Crippen LogP contribution in [0.15, 0.2) is 53.0 Å². The molecule has 0 amide bonds.